The molecule has 1 aliphatic rings. The Balaban J connectivity index is 2.20. The van der Waals surface area contributed by atoms with Gasteiger partial charge in [-0.3, -0.25) is 0 Å². The molecule has 0 saturated heterocycles. The molecule has 0 nitrogen and oxygen atoms in total. The third-order valence-corrected chi connectivity index (χ3v) is 13.3. The molecule has 109 valence electrons. The second-order valence-electron chi connectivity index (χ2n) is 7.83. The first kappa shape index (κ1) is 15.2. The van der Waals surface area contributed by atoms with Gasteiger partial charge in [0.25, 0.3) is 0 Å². The molecule has 3 rings (SSSR count). The van der Waals surface area contributed by atoms with Gasteiger partial charge >= 0.3 is 137 Å². The standard InChI is InChI=1S/C18H19.2CH3.Hf/c1-18(2,3)12-16-9-8-15-10-13-6-4-5-7-14(13)11-17(15)16;;;/h4-11H,12H2,1-3H3;2*1H3;. The van der Waals surface area contributed by atoms with Crippen LogP contribution in [0, 0.1) is 5.41 Å². The molecule has 1 aliphatic carbocycles. The van der Waals surface area contributed by atoms with Crippen LogP contribution in [0.2, 0.25) is 9.36 Å². The molecule has 0 aliphatic heterocycles. The van der Waals surface area contributed by atoms with Crippen molar-refractivity contribution in [2.75, 3.05) is 0 Å². The third-order valence-electron chi connectivity index (χ3n) is 4.65. The summed E-state index contributed by atoms with van der Waals surface area (Å²) in [7, 11) is 0. The summed E-state index contributed by atoms with van der Waals surface area (Å²) in [4.78, 5) is 0. The third kappa shape index (κ3) is 2.70. The maximum atomic E-state index is 2.57. The Morgan fingerprint density at radius 3 is 2.19 bits per heavy atom. The molecule has 1 unspecified atom stereocenters. The zero-order valence-corrected chi connectivity index (χ0v) is 17.4. The molecule has 21 heavy (non-hydrogen) atoms. The van der Waals surface area contributed by atoms with Gasteiger partial charge in [-0.05, 0) is 0 Å². The Labute approximate surface area is 136 Å². The van der Waals surface area contributed by atoms with E-state index in [1.165, 1.54) is 22.8 Å². The fourth-order valence-corrected chi connectivity index (χ4v) is 11.1. The molecule has 0 radical (unpaired) electrons. The van der Waals surface area contributed by atoms with Crippen molar-refractivity contribution in [3.8, 4) is 0 Å². The van der Waals surface area contributed by atoms with E-state index in [0.29, 0.717) is 8.59 Å². The second kappa shape index (κ2) is 5.19. The van der Waals surface area contributed by atoms with Gasteiger partial charge in [0, 0.05) is 0 Å². The van der Waals surface area contributed by atoms with Crippen LogP contribution in [0.5, 0.6) is 0 Å². The normalized spacial score (nSPS) is 20.8. The van der Waals surface area contributed by atoms with Crippen LogP contribution in [0.15, 0.2) is 42.5 Å². The van der Waals surface area contributed by atoms with Crippen LogP contribution in [0.25, 0.3) is 16.8 Å². The first-order valence-corrected chi connectivity index (χ1v) is 16.8. The minimum absolute atomic E-state index is 0.375. The first-order valence-electron chi connectivity index (χ1n) is 7.85. The average Bonchev–Trinajstić information content (AvgIpc) is 2.74. The molecule has 0 aromatic heterocycles. The van der Waals surface area contributed by atoms with Crippen molar-refractivity contribution in [2.24, 2.45) is 5.41 Å². The van der Waals surface area contributed by atoms with Crippen LogP contribution < -0.4 is 0 Å². The van der Waals surface area contributed by atoms with Gasteiger partial charge in [-0.2, -0.15) is 0 Å². The van der Waals surface area contributed by atoms with Crippen molar-refractivity contribution < 1.29 is 21.4 Å². The van der Waals surface area contributed by atoms with Crippen LogP contribution in [0.3, 0.4) is 0 Å². The molecule has 0 bridgehead atoms. The topological polar surface area (TPSA) is 0 Å². The van der Waals surface area contributed by atoms with E-state index in [4.69, 9.17) is 0 Å². The number of hydrogen-bond donors (Lipinski definition) is 0. The SMILES string of the molecule is [CH3][Hf]([CH3])[C]1(CC(C)(C)C)C=Cc2cc3ccccc3cc21. The van der Waals surface area contributed by atoms with Gasteiger partial charge in [0.1, 0.15) is 0 Å². The van der Waals surface area contributed by atoms with Crippen LogP contribution in [-0.4, -0.2) is 0 Å². The number of benzene rings is 2. The molecule has 0 amide bonds. The average molecular weight is 444 g/mol. The monoisotopic (exact) mass is 445 g/mol. The van der Waals surface area contributed by atoms with Crippen molar-refractivity contribution in [2.45, 2.75) is 39.7 Å². The summed E-state index contributed by atoms with van der Waals surface area (Å²) < 4.78 is 5.54. The zero-order valence-electron chi connectivity index (χ0n) is 13.8. The zero-order chi connectivity index (χ0) is 15.3. The number of fused-ring (bicyclic) bond motifs is 2. The van der Waals surface area contributed by atoms with E-state index in [9.17, 15) is 0 Å². The van der Waals surface area contributed by atoms with Crippen molar-refractivity contribution >= 4 is 16.8 Å². The van der Waals surface area contributed by atoms with Crippen molar-refractivity contribution in [1.82, 2.24) is 0 Å². The van der Waals surface area contributed by atoms with Crippen molar-refractivity contribution in [1.29, 1.82) is 0 Å². The summed E-state index contributed by atoms with van der Waals surface area (Å²) in [6.07, 6.45) is 6.24. The predicted molar refractivity (Wildman–Crippen MR) is 90.5 cm³/mol. The maximum absolute atomic E-state index is 2.57. The number of hydrogen-bond acceptors (Lipinski definition) is 0. The van der Waals surface area contributed by atoms with Gasteiger partial charge in [-0.25, -0.2) is 0 Å². The van der Waals surface area contributed by atoms with Crippen LogP contribution in [0.4, 0.5) is 0 Å². The van der Waals surface area contributed by atoms with Gasteiger partial charge in [0.05, 0.1) is 0 Å². The molecule has 0 saturated carbocycles. The van der Waals surface area contributed by atoms with Gasteiger partial charge in [-0.1, -0.05) is 0 Å². The Hall–Kier alpha value is -0.690. The second-order valence-corrected chi connectivity index (χ2v) is 18.2. The Bertz CT molecular complexity index is 703. The summed E-state index contributed by atoms with van der Waals surface area (Å²) in [5.41, 5.74) is 3.45. The van der Waals surface area contributed by atoms with Gasteiger partial charge in [-0.15, -0.1) is 0 Å². The summed E-state index contributed by atoms with van der Waals surface area (Å²) >= 11 is -1.65. The number of rotatable bonds is 2. The molecular weight excluding hydrogens is 419 g/mol. The van der Waals surface area contributed by atoms with E-state index in [-0.39, 0.29) is 0 Å². The van der Waals surface area contributed by atoms with Gasteiger partial charge in [0.15, 0.2) is 0 Å². The Morgan fingerprint density at radius 1 is 1.00 bits per heavy atom. The van der Waals surface area contributed by atoms with E-state index < -0.39 is 21.4 Å². The van der Waals surface area contributed by atoms with E-state index in [1.54, 1.807) is 5.56 Å². The summed E-state index contributed by atoms with van der Waals surface area (Å²) in [6, 6.07) is 13.6. The molecular formula is C20H25Hf. The quantitative estimate of drug-likeness (QED) is 0.484. The molecule has 2 aromatic rings. The molecule has 0 fully saturated rings. The van der Waals surface area contributed by atoms with Gasteiger partial charge in [0.2, 0.25) is 0 Å². The molecule has 1 atom stereocenters. The summed E-state index contributed by atoms with van der Waals surface area (Å²) in [5.74, 6) is 0. The van der Waals surface area contributed by atoms with Crippen LogP contribution in [0.1, 0.15) is 38.3 Å². The summed E-state index contributed by atoms with van der Waals surface area (Å²) in [5, 5.41) is 2.76. The molecule has 2 aromatic carbocycles. The minimum atomic E-state index is -1.65. The van der Waals surface area contributed by atoms with E-state index in [1.807, 2.05) is 0 Å². The molecule has 0 spiro atoms. The molecule has 0 heterocycles. The van der Waals surface area contributed by atoms with E-state index in [0.717, 1.165) is 0 Å². The van der Waals surface area contributed by atoms with E-state index >= 15 is 0 Å². The first-order chi connectivity index (χ1) is 9.82. The summed E-state index contributed by atoms with van der Waals surface area (Å²) in [6.45, 7) is 7.16. The van der Waals surface area contributed by atoms with Gasteiger partial charge < -0.3 is 0 Å². The van der Waals surface area contributed by atoms with E-state index in [2.05, 4.69) is 78.7 Å². The van der Waals surface area contributed by atoms with Crippen LogP contribution in [-0.2, 0) is 24.6 Å². The van der Waals surface area contributed by atoms with Crippen LogP contribution >= 0.6 is 0 Å². The number of allylic oxidation sites excluding steroid dienone is 1. The molecule has 0 N–H and O–H groups in total. The van der Waals surface area contributed by atoms with Crippen molar-refractivity contribution in [3.63, 3.8) is 0 Å². The Morgan fingerprint density at radius 2 is 1.62 bits per heavy atom. The Kier molecular flexibility index (Phi) is 3.76. The van der Waals surface area contributed by atoms with Crippen molar-refractivity contribution in [3.05, 3.63) is 53.6 Å². The predicted octanol–water partition coefficient (Wildman–Crippen LogP) is 6.21. The molecule has 1 heteroatoms. The fraction of sp³-hybridized carbons (Fsp3) is 0.400. The fourth-order valence-electron chi connectivity index (χ4n) is 3.71.